The van der Waals surface area contributed by atoms with Crippen molar-refractivity contribution in [3.8, 4) is 11.5 Å². The second-order valence-corrected chi connectivity index (χ2v) is 8.08. The lowest BCUT2D eigenvalue weighted by atomic mass is 10.0. The van der Waals surface area contributed by atoms with Gasteiger partial charge in [0.25, 0.3) is 5.91 Å². The first-order valence-corrected chi connectivity index (χ1v) is 11.4. The van der Waals surface area contributed by atoms with Crippen molar-refractivity contribution in [2.45, 2.75) is 0 Å². The Morgan fingerprint density at radius 1 is 0.722 bits per heavy atom. The molecule has 0 atom stereocenters. The predicted molar refractivity (Wildman–Crippen MR) is 141 cm³/mol. The van der Waals surface area contributed by atoms with Gasteiger partial charge >= 0.3 is 5.97 Å². The number of esters is 1. The molecule has 0 radical (unpaired) electrons. The molecule has 1 amide bonds. The zero-order valence-electron chi connectivity index (χ0n) is 19.3. The Morgan fingerprint density at radius 2 is 1.42 bits per heavy atom. The lowest BCUT2D eigenvalue weighted by Gasteiger charge is -2.07. The Balaban J connectivity index is 1.13. The molecule has 176 valence electrons. The molecule has 0 aliphatic rings. The second kappa shape index (κ2) is 10.5. The fourth-order valence-corrected chi connectivity index (χ4v) is 3.80. The lowest BCUT2D eigenvalue weighted by molar-refractivity contribution is -0.123. The fourth-order valence-electron chi connectivity index (χ4n) is 3.80. The molecular weight excluding hydrogens is 452 g/mol. The van der Waals surface area contributed by atoms with Crippen LogP contribution >= 0.6 is 0 Å². The van der Waals surface area contributed by atoms with E-state index in [2.05, 4.69) is 10.5 Å². The minimum atomic E-state index is -0.424. The van der Waals surface area contributed by atoms with E-state index in [0.717, 1.165) is 27.1 Å². The Bertz CT molecular complexity index is 1570. The number of carbonyl (C=O) groups excluding carboxylic acids is 2. The van der Waals surface area contributed by atoms with Crippen LogP contribution in [0.5, 0.6) is 11.5 Å². The largest absolute Gasteiger partial charge is 0.484 e. The summed E-state index contributed by atoms with van der Waals surface area (Å²) in [6.07, 6.45) is 1.50. The minimum Gasteiger partial charge on any atom is -0.484 e. The van der Waals surface area contributed by atoms with Crippen molar-refractivity contribution < 1.29 is 19.1 Å². The average molecular weight is 475 g/mol. The third kappa shape index (κ3) is 5.39. The highest BCUT2D eigenvalue weighted by Crippen LogP contribution is 2.22. The molecule has 6 nitrogen and oxygen atoms in total. The summed E-state index contributed by atoms with van der Waals surface area (Å²) in [7, 11) is 0. The van der Waals surface area contributed by atoms with Crippen LogP contribution in [0.15, 0.2) is 114 Å². The molecule has 1 N–H and O–H groups in total. The van der Waals surface area contributed by atoms with Crippen molar-refractivity contribution in [1.82, 2.24) is 5.43 Å². The monoisotopic (exact) mass is 474 g/mol. The van der Waals surface area contributed by atoms with Gasteiger partial charge in [0.05, 0.1) is 11.8 Å². The van der Waals surface area contributed by atoms with Gasteiger partial charge in [-0.15, -0.1) is 0 Å². The Labute approximate surface area is 207 Å². The number of rotatable bonds is 7. The molecule has 36 heavy (non-hydrogen) atoms. The maximum absolute atomic E-state index is 12.7. The third-order valence-electron chi connectivity index (χ3n) is 5.59. The van der Waals surface area contributed by atoms with Crippen LogP contribution < -0.4 is 14.9 Å². The zero-order valence-corrected chi connectivity index (χ0v) is 19.3. The van der Waals surface area contributed by atoms with Crippen LogP contribution in [0.1, 0.15) is 15.9 Å². The number of fused-ring (bicyclic) bond motifs is 2. The van der Waals surface area contributed by atoms with E-state index < -0.39 is 5.97 Å². The molecule has 0 aromatic heterocycles. The van der Waals surface area contributed by atoms with E-state index >= 15 is 0 Å². The number of nitrogens with zero attached hydrogens (tertiary/aromatic N) is 1. The third-order valence-corrected chi connectivity index (χ3v) is 5.59. The standard InChI is InChI=1S/C30H22N2O4/c33-29(20-35-26-17-14-22-6-1-2-8-24(22)18-26)32-31-19-21-12-15-25(16-13-21)36-30(34)28-11-5-9-23-7-3-4-10-27(23)28/h1-19H,20H2,(H,32,33)/b31-19+. The number of nitrogens with one attached hydrogen (secondary N) is 1. The van der Waals surface area contributed by atoms with Gasteiger partial charge in [-0.25, -0.2) is 10.2 Å². The second-order valence-electron chi connectivity index (χ2n) is 8.08. The highest BCUT2D eigenvalue weighted by Gasteiger charge is 2.12. The van der Waals surface area contributed by atoms with E-state index in [1.54, 1.807) is 30.3 Å². The number of hydrazone groups is 1. The number of hydrogen-bond acceptors (Lipinski definition) is 5. The molecule has 0 spiro atoms. The molecular formula is C30H22N2O4. The van der Waals surface area contributed by atoms with Crippen LogP contribution in [0, 0.1) is 0 Å². The Morgan fingerprint density at radius 3 is 2.25 bits per heavy atom. The van der Waals surface area contributed by atoms with Gasteiger partial charge in [0, 0.05) is 0 Å². The van der Waals surface area contributed by atoms with Crippen molar-refractivity contribution in [2.75, 3.05) is 6.61 Å². The molecule has 6 heteroatoms. The summed E-state index contributed by atoms with van der Waals surface area (Å²) in [4.78, 5) is 24.7. The average Bonchev–Trinajstić information content (AvgIpc) is 2.92. The first kappa shape index (κ1) is 22.8. The zero-order chi connectivity index (χ0) is 24.7. The van der Waals surface area contributed by atoms with Crippen LogP contribution in [0.25, 0.3) is 21.5 Å². The predicted octanol–water partition coefficient (Wildman–Crippen LogP) is 5.74. The number of carbonyl (C=O) groups is 2. The maximum atomic E-state index is 12.7. The van der Waals surface area contributed by atoms with Crippen molar-refractivity contribution in [3.63, 3.8) is 0 Å². The Kier molecular flexibility index (Phi) is 6.67. The Hall–Kier alpha value is -4.97. The topological polar surface area (TPSA) is 77.0 Å². The van der Waals surface area contributed by atoms with E-state index in [4.69, 9.17) is 9.47 Å². The highest BCUT2D eigenvalue weighted by molar-refractivity contribution is 6.05. The molecule has 0 aliphatic heterocycles. The van der Waals surface area contributed by atoms with Crippen molar-refractivity contribution in [2.24, 2.45) is 5.10 Å². The van der Waals surface area contributed by atoms with Crippen LogP contribution in [-0.2, 0) is 4.79 Å². The summed E-state index contributed by atoms with van der Waals surface area (Å²) in [6, 6.07) is 33.6. The van der Waals surface area contributed by atoms with Crippen molar-refractivity contribution in [3.05, 3.63) is 120 Å². The van der Waals surface area contributed by atoms with Crippen LogP contribution in [-0.4, -0.2) is 24.7 Å². The number of benzene rings is 5. The van der Waals surface area contributed by atoms with E-state index in [-0.39, 0.29) is 12.5 Å². The van der Waals surface area contributed by atoms with Crippen molar-refractivity contribution in [1.29, 1.82) is 0 Å². The highest BCUT2D eigenvalue weighted by atomic mass is 16.5. The summed E-state index contributed by atoms with van der Waals surface area (Å²) in [6.45, 7) is -0.154. The quantitative estimate of drug-likeness (QED) is 0.141. The van der Waals surface area contributed by atoms with Gasteiger partial charge < -0.3 is 9.47 Å². The molecule has 0 unspecified atom stereocenters. The normalized spacial score (nSPS) is 11.0. The number of hydrogen-bond donors (Lipinski definition) is 1. The molecule has 0 saturated carbocycles. The van der Waals surface area contributed by atoms with Crippen LogP contribution in [0.2, 0.25) is 0 Å². The molecule has 5 aromatic rings. The molecule has 5 rings (SSSR count). The van der Waals surface area contributed by atoms with Gasteiger partial charge in [-0.2, -0.15) is 5.10 Å². The first-order valence-electron chi connectivity index (χ1n) is 11.4. The van der Waals surface area contributed by atoms with Crippen LogP contribution in [0.3, 0.4) is 0 Å². The SMILES string of the molecule is O=C(COc1ccc2ccccc2c1)N/N=C/c1ccc(OC(=O)c2cccc3ccccc23)cc1. The lowest BCUT2D eigenvalue weighted by Crippen LogP contribution is -2.24. The molecule has 5 aromatic carbocycles. The van der Waals surface area contributed by atoms with Gasteiger partial charge in [0.1, 0.15) is 11.5 Å². The molecule has 0 heterocycles. The van der Waals surface area contributed by atoms with Gasteiger partial charge in [0.2, 0.25) is 0 Å². The molecule has 0 saturated heterocycles. The van der Waals surface area contributed by atoms with Gasteiger partial charge in [-0.1, -0.05) is 66.7 Å². The van der Waals surface area contributed by atoms with Gasteiger partial charge in [-0.3, -0.25) is 4.79 Å². The summed E-state index contributed by atoms with van der Waals surface area (Å²) < 4.78 is 11.1. The van der Waals surface area contributed by atoms with E-state index in [1.165, 1.54) is 6.21 Å². The molecule has 0 aliphatic carbocycles. The summed E-state index contributed by atoms with van der Waals surface area (Å²) >= 11 is 0. The molecule has 0 fully saturated rings. The summed E-state index contributed by atoms with van der Waals surface area (Å²) in [5.41, 5.74) is 3.68. The maximum Gasteiger partial charge on any atom is 0.344 e. The van der Waals surface area contributed by atoms with Crippen LogP contribution in [0.4, 0.5) is 0 Å². The number of ether oxygens (including phenoxy) is 2. The van der Waals surface area contributed by atoms with Crippen molar-refractivity contribution >= 4 is 39.6 Å². The first-order chi connectivity index (χ1) is 17.7. The molecule has 0 bridgehead atoms. The van der Waals surface area contributed by atoms with Gasteiger partial charge in [-0.05, 0) is 69.6 Å². The minimum absolute atomic E-state index is 0.154. The number of amides is 1. The smallest absolute Gasteiger partial charge is 0.344 e. The van der Waals surface area contributed by atoms with E-state index in [1.807, 2.05) is 78.9 Å². The van der Waals surface area contributed by atoms with E-state index in [9.17, 15) is 9.59 Å². The summed E-state index contributed by atoms with van der Waals surface area (Å²) in [5.74, 6) is 0.228. The van der Waals surface area contributed by atoms with Gasteiger partial charge in [0.15, 0.2) is 6.61 Å². The summed E-state index contributed by atoms with van der Waals surface area (Å²) in [5, 5.41) is 7.93. The fraction of sp³-hybridized carbons (Fsp3) is 0.0333. The van der Waals surface area contributed by atoms with E-state index in [0.29, 0.717) is 17.1 Å².